The highest BCUT2D eigenvalue weighted by Gasteiger charge is 2.33. The molecule has 0 unspecified atom stereocenters. The molecule has 1 fully saturated rings. The zero-order valence-electron chi connectivity index (χ0n) is 17.5. The number of hydrogen-bond donors (Lipinski definition) is 2. The molecule has 1 amide bonds. The van der Waals surface area contributed by atoms with Crippen molar-refractivity contribution in [1.29, 1.82) is 0 Å². The summed E-state index contributed by atoms with van der Waals surface area (Å²) < 4.78 is 49.9. The summed E-state index contributed by atoms with van der Waals surface area (Å²) in [6.07, 6.45) is -3.01. The third-order valence-corrected chi connectivity index (χ3v) is 4.99. The van der Waals surface area contributed by atoms with Crippen LogP contribution in [0.4, 0.5) is 13.2 Å². The molecule has 168 valence electrons. The molecule has 0 atom stereocenters. The number of methoxy groups -OCH3 is 1. The molecule has 0 aromatic heterocycles. The second kappa shape index (κ2) is 10.6. The Bertz CT molecular complexity index is 732. The van der Waals surface area contributed by atoms with Gasteiger partial charge in [-0.1, -0.05) is 12.1 Å². The number of amides is 1. The molecule has 30 heavy (non-hydrogen) atoms. The summed E-state index contributed by atoms with van der Waals surface area (Å²) in [5.41, 5.74) is -0.735. The van der Waals surface area contributed by atoms with Crippen molar-refractivity contribution in [2.24, 2.45) is 4.99 Å². The number of carbonyl (C=O) groups excluding carboxylic acids is 1. The summed E-state index contributed by atoms with van der Waals surface area (Å²) in [6.45, 7) is 1.62. The van der Waals surface area contributed by atoms with Crippen LogP contribution in [0, 0.1) is 0 Å². The van der Waals surface area contributed by atoms with Crippen molar-refractivity contribution >= 4 is 11.9 Å². The van der Waals surface area contributed by atoms with Crippen molar-refractivity contribution in [3.63, 3.8) is 0 Å². The van der Waals surface area contributed by atoms with Crippen molar-refractivity contribution in [2.45, 2.75) is 31.2 Å². The van der Waals surface area contributed by atoms with Crippen molar-refractivity contribution < 1.29 is 27.4 Å². The number of likely N-dealkylation sites (N-methyl/N-ethyl adjacent to an activating group) is 1. The predicted octanol–water partition coefficient (Wildman–Crippen LogP) is 2.02. The molecule has 1 saturated heterocycles. The summed E-state index contributed by atoms with van der Waals surface area (Å²) in [5, 5.41) is 6.09. The molecule has 1 heterocycles. The van der Waals surface area contributed by atoms with Crippen molar-refractivity contribution in [2.75, 3.05) is 47.5 Å². The maximum atomic E-state index is 12.9. The van der Waals surface area contributed by atoms with Gasteiger partial charge in [-0.05, 0) is 17.7 Å². The normalized spacial score (nSPS) is 16.8. The van der Waals surface area contributed by atoms with Gasteiger partial charge in [-0.15, -0.1) is 0 Å². The Balaban J connectivity index is 2.11. The molecule has 0 bridgehead atoms. The molecule has 0 radical (unpaired) electrons. The van der Waals surface area contributed by atoms with Gasteiger partial charge in [0.25, 0.3) is 0 Å². The SMILES string of the molecule is COC1(CNC(=NCc2cccc(C(F)(F)F)c2)NCC(=O)N(C)C)CCOCC1. The van der Waals surface area contributed by atoms with E-state index in [0.29, 0.717) is 44.1 Å². The number of halogens is 3. The van der Waals surface area contributed by atoms with Crippen LogP contribution in [0.15, 0.2) is 29.3 Å². The maximum Gasteiger partial charge on any atom is 0.416 e. The number of rotatable bonds is 7. The van der Waals surface area contributed by atoms with Crippen molar-refractivity contribution in [3.8, 4) is 0 Å². The van der Waals surface area contributed by atoms with Gasteiger partial charge in [0.1, 0.15) is 0 Å². The minimum Gasteiger partial charge on any atom is -0.381 e. The van der Waals surface area contributed by atoms with Gasteiger partial charge < -0.3 is 25.0 Å². The summed E-state index contributed by atoms with van der Waals surface area (Å²) in [7, 11) is 4.91. The highest BCUT2D eigenvalue weighted by atomic mass is 19.4. The van der Waals surface area contributed by atoms with E-state index >= 15 is 0 Å². The second-order valence-electron chi connectivity index (χ2n) is 7.36. The Morgan fingerprint density at radius 1 is 1.27 bits per heavy atom. The van der Waals surface area contributed by atoms with Crippen LogP contribution in [0.25, 0.3) is 0 Å². The van der Waals surface area contributed by atoms with Gasteiger partial charge in [0.15, 0.2) is 5.96 Å². The number of carbonyl (C=O) groups is 1. The summed E-state index contributed by atoms with van der Waals surface area (Å²) in [6, 6.07) is 5.03. The predicted molar refractivity (Wildman–Crippen MR) is 107 cm³/mol. The lowest BCUT2D eigenvalue weighted by atomic mass is 9.94. The molecule has 2 rings (SSSR count). The van der Waals surface area contributed by atoms with Crippen LogP contribution in [0.3, 0.4) is 0 Å². The van der Waals surface area contributed by atoms with Crippen LogP contribution < -0.4 is 10.6 Å². The summed E-state index contributed by atoms with van der Waals surface area (Å²) in [4.78, 5) is 17.7. The van der Waals surface area contributed by atoms with Crippen LogP contribution in [-0.2, 0) is 27.0 Å². The number of alkyl halides is 3. The third kappa shape index (κ3) is 7.17. The molecule has 0 spiro atoms. The van der Waals surface area contributed by atoms with Crippen LogP contribution >= 0.6 is 0 Å². The lowest BCUT2D eigenvalue weighted by Gasteiger charge is -2.36. The molecule has 1 aliphatic heterocycles. The average molecular weight is 430 g/mol. The number of aliphatic imine (C=N–C) groups is 1. The largest absolute Gasteiger partial charge is 0.416 e. The first-order valence-corrected chi connectivity index (χ1v) is 9.66. The number of nitrogens with zero attached hydrogens (tertiary/aromatic N) is 2. The van der Waals surface area contributed by atoms with Crippen LogP contribution in [0.1, 0.15) is 24.0 Å². The lowest BCUT2D eigenvalue weighted by Crippen LogP contribution is -2.51. The highest BCUT2D eigenvalue weighted by Crippen LogP contribution is 2.29. The van der Waals surface area contributed by atoms with E-state index in [4.69, 9.17) is 9.47 Å². The van der Waals surface area contributed by atoms with Gasteiger partial charge in [0, 0.05) is 53.8 Å². The van der Waals surface area contributed by atoms with Gasteiger partial charge >= 0.3 is 6.18 Å². The molecular formula is C20H29F3N4O3. The Hall–Kier alpha value is -2.33. The van der Waals surface area contributed by atoms with E-state index in [2.05, 4.69) is 15.6 Å². The molecule has 7 nitrogen and oxygen atoms in total. The quantitative estimate of drug-likeness (QED) is 0.512. The number of nitrogens with one attached hydrogen (secondary N) is 2. The Morgan fingerprint density at radius 3 is 2.57 bits per heavy atom. The first-order valence-electron chi connectivity index (χ1n) is 9.66. The van der Waals surface area contributed by atoms with E-state index in [1.165, 1.54) is 11.0 Å². The molecule has 1 aromatic rings. The number of guanidine groups is 1. The summed E-state index contributed by atoms with van der Waals surface area (Å²) >= 11 is 0. The number of hydrogen-bond acceptors (Lipinski definition) is 4. The van der Waals surface area contributed by atoms with E-state index in [-0.39, 0.29) is 19.0 Å². The second-order valence-corrected chi connectivity index (χ2v) is 7.36. The number of ether oxygens (including phenoxy) is 2. The fourth-order valence-corrected chi connectivity index (χ4v) is 2.95. The smallest absolute Gasteiger partial charge is 0.381 e. The zero-order valence-corrected chi connectivity index (χ0v) is 17.5. The number of benzene rings is 1. The molecule has 2 N–H and O–H groups in total. The van der Waals surface area contributed by atoms with Gasteiger partial charge in [-0.3, -0.25) is 4.79 Å². The van der Waals surface area contributed by atoms with Crippen LogP contribution in [0.5, 0.6) is 0 Å². The third-order valence-electron chi connectivity index (χ3n) is 4.99. The van der Waals surface area contributed by atoms with Crippen molar-refractivity contribution in [3.05, 3.63) is 35.4 Å². The Kier molecular flexibility index (Phi) is 8.48. The molecule has 0 aliphatic carbocycles. The van der Waals surface area contributed by atoms with Crippen molar-refractivity contribution in [1.82, 2.24) is 15.5 Å². The van der Waals surface area contributed by atoms with E-state index in [0.717, 1.165) is 12.1 Å². The first kappa shape index (κ1) is 23.9. The van der Waals surface area contributed by atoms with E-state index in [1.807, 2.05) is 0 Å². The van der Waals surface area contributed by atoms with E-state index < -0.39 is 17.3 Å². The van der Waals surface area contributed by atoms with Crippen LogP contribution in [-0.4, -0.2) is 69.9 Å². The van der Waals surface area contributed by atoms with Gasteiger partial charge in [0.2, 0.25) is 5.91 Å². The van der Waals surface area contributed by atoms with Gasteiger partial charge in [-0.2, -0.15) is 13.2 Å². The van der Waals surface area contributed by atoms with Crippen LogP contribution in [0.2, 0.25) is 0 Å². The Morgan fingerprint density at radius 2 is 1.97 bits per heavy atom. The molecule has 10 heteroatoms. The Labute approximate surface area is 174 Å². The van der Waals surface area contributed by atoms with E-state index in [1.54, 1.807) is 27.3 Å². The maximum absolute atomic E-state index is 12.9. The van der Waals surface area contributed by atoms with Gasteiger partial charge in [-0.25, -0.2) is 4.99 Å². The van der Waals surface area contributed by atoms with Gasteiger partial charge in [0.05, 0.1) is 24.3 Å². The highest BCUT2D eigenvalue weighted by molar-refractivity contribution is 5.86. The molecular weight excluding hydrogens is 401 g/mol. The molecule has 1 aromatic carbocycles. The lowest BCUT2D eigenvalue weighted by molar-refractivity contribution is -0.137. The molecule has 1 aliphatic rings. The fraction of sp³-hybridized carbons (Fsp3) is 0.600. The molecule has 0 saturated carbocycles. The fourth-order valence-electron chi connectivity index (χ4n) is 2.95. The standard InChI is InChI=1S/C20H29F3N4O3/c1-27(2)17(28)13-25-18(26-14-19(29-3)7-9-30-10-8-19)24-12-15-5-4-6-16(11-15)20(21,22)23/h4-6,11H,7-10,12-14H2,1-3H3,(H2,24,25,26). The first-order chi connectivity index (χ1) is 14.1. The monoisotopic (exact) mass is 430 g/mol. The average Bonchev–Trinajstić information content (AvgIpc) is 2.73. The summed E-state index contributed by atoms with van der Waals surface area (Å²) in [5.74, 6) is 0.168. The minimum absolute atomic E-state index is 0.00448. The topological polar surface area (TPSA) is 75.2 Å². The minimum atomic E-state index is -4.41. The van der Waals surface area contributed by atoms with E-state index in [9.17, 15) is 18.0 Å². The zero-order chi connectivity index (χ0) is 22.2.